The van der Waals surface area contributed by atoms with Gasteiger partial charge in [-0.05, 0) is 60.5 Å². The van der Waals surface area contributed by atoms with Gasteiger partial charge >= 0.3 is 0 Å². The van der Waals surface area contributed by atoms with Crippen LogP contribution >= 0.6 is 34.8 Å². The number of rotatable bonds is 4. The van der Waals surface area contributed by atoms with Crippen molar-refractivity contribution in [3.05, 3.63) is 68.2 Å². The van der Waals surface area contributed by atoms with Gasteiger partial charge in [-0.15, -0.1) is 0 Å². The van der Waals surface area contributed by atoms with E-state index in [2.05, 4.69) is 18.3 Å². The molecule has 0 aromatic heterocycles. The highest BCUT2D eigenvalue weighted by Gasteiger charge is 2.17. The first-order valence-corrected chi connectivity index (χ1v) is 7.60. The molecule has 20 heavy (non-hydrogen) atoms. The zero-order valence-electron chi connectivity index (χ0n) is 11.4. The smallest absolute Gasteiger partial charge is 0.0592 e. The Morgan fingerprint density at radius 3 is 2.40 bits per heavy atom. The highest BCUT2D eigenvalue weighted by Crippen LogP contribution is 2.32. The van der Waals surface area contributed by atoms with Crippen LogP contribution in [0.1, 0.15) is 29.7 Å². The fourth-order valence-corrected chi connectivity index (χ4v) is 2.98. The summed E-state index contributed by atoms with van der Waals surface area (Å²) in [6.45, 7) is 4.90. The maximum Gasteiger partial charge on any atom is 0.0592 e. The van der Waals surface area contributed by atoms with Crippen LogP contribution in [0.3, 0.4) is 0 Å². The molecule has 4 heteroatoms. The average molecular weight is 329 g/mol. The van der Waals surface area contributed by atoms with Crippen LogP contribution in [0.15, 0.2) is 36.4 Å². The molecule has 0 spiro atoms. The lowest BCUT2D eigenvalue weighted by molar-refractivity contribution is 0.630. The predicted molar refractivity (Wildman–Crippen MR) is 88.2 cm³/mol. The van der Waals surface area contributed by atoms with Crippen LogP contribution in [0.4, 0.5) is 0 Å². The number of hydrogen-bond acceptors (Lipinski definition) is 1. The third-order valence-corrected chi connectivity index (χ3v) is 3.87. The third-order valence-electron chi connectivity index (χ3n) is 3.08. The summed E-state index contributed by atoms with van der Waals surface area (Å²) in [5.41, 5.74) is 3.16. The lowest BCUT2D eigenvalue weighted by atomic mass is 9.97. The molecule has 1 unspecified atom stereocenters. The Morgan fingerprint density at radius 1 is 1.00 bits per heavy atom. The highest BCUT2D eigenvalue weighted by molar-refractivity contribution is 6.33. The van der Waals surface area contributed by atoms with Gasteiger partial charge in [0.2, 0.25) is 0 Å². The maximum atomic E-state index is 6.32. The molecule has 0 bridgehead atoms. The van der Waals surface area contributed by atoms with Crippen molar-refractivity contribution in [2.45, 2.75) is 19.9 Å². The molecule has 0 aliphatic rings. The van der Waals surface area contributed by atoms with E-state index in [0.717, 1.165) is 28.3 Å². The van der Waals surface area contributed by atoms with Gasteiger partial charge in [0.05, 0.1) is 6.04 Å². The van der Waals surface area contributed by atoms with Gasteiger partial charge in [0.25, 0.3) is 0 Å². The molecule has 2 rings (SSSR count). The molecule has 0 saturated heterocycles. The van der Waals surface area contributed by atoms with E-state index in [4.69, 9.17) is 34.8 Å². The van der Waals surface area contributed by atoms with Gasteiger partial charge < -0.3 is 5.32 Å². The summed E-state index contributed by atoms with van der Waals surface area (Å²) in [7, 11) is 0. The van der Waals surface area contributed by atoms with Gasteiger partial charge in [0.1, 0.15) is 0 Å². The van der Waals surface area contributed by atoms with Crippen molar-refractivity contribution < 1.29 is 0 Å². The first-order valence-electron chi connectivity index (χ1n) is 6.46. The Balaban J connectivity index is 2.52. The van der Waals surface area contributed by atoms with Crippen molar-refractivity contribution in [3.63, 3.8) is 0 Å². The molecule has 0 saturated carbocycles. The minimum absolute atomic E-state index is 0.0244. The molecule has 1 N–H and O–H groups in total. The fourth-order valence-electron chi connectivity index (χ4n) is 2.28. The van der Waals surface area contributed by atoms with Crippen molar-refractivity contribution in [3.8, 4) is 0 Å². The predicted octanol–water partition coefficient (Wildman–Crippen LogP) is 5.65. The number of hydrogen-bond donors (Lipinski definition) is 1. The molecule has 0 amide bonds. The molecule has 0 aliphatic carbocycles. The SMILES string of the molecule is CCNC(c1cc(C)cc(Cl)c1)c1cc(Cl)ccc1Cl. The topological polar surface area (TPSA) is 12.0 Å². The van der Waals surface area contributed by atoms with Crippen LogP contribution in [-0.4, -0.2) is 6.54 Å². The summed E-state index contributed by atoms with van der Waals surface area (Å²) >= 11 is 18.6. The van der Waals surface area contributed by atoms with Crippen LogP contribution in [0.2, 0.25) is 15.1 Å². The average Bonchev–Trinajstić information content (AvgIpc) is 2.38. The lowest BCUT2D eigenvalue weighted by Crippen LogP contribution is -2.22. The summed E-state index contributed by atoms with van der Waals surface area (Å²) in [6.07, 6.45) is 0. The van der Waals surface area contributed by atoms with Crippen molar-refractivity contribution in [1.29, 1.82) is 0 Å². The Labute approximate surface area is 134 Å². The lowest BCUT2D eigenvalue weighted by Gasteiger charge is -2.21. The quantitative estimate of drug-likeness (QED) is 0.764. The summed E-state index contributed by atoms with van der Waals surface area (Å²) in [4.78, 5) is 0. The largest absolute Gasteiger partial charge is 0.306 e. The van der Waals surface area contributed by atoms with Gasteiger partial charge in [0.15, 0.2) is 0 Å². The molecule has 0 fully saturated rings. The molecular weight excluding hydrogens is 313 g/mol. The van der Waals surface area contributed by atoms with Crippen LogP contribution in [0.25, 0.3) is 0 Å². The summed E-state index contributed by atoms with van der Waals surface area (Å²) in [5, 5.41) is 5.52. The normalized spacial score (nSPS) is 12.4. The summed E-state index contributed by atoms with van der Waals surface area (Å²) < 4.78 is 0. The van der Waals surface area contributed by atoms with E-state index in [1.165, 1.54) is 0 Å². The van der Waals surface area contributed by atoms with Crippen molar-refractivity contribution in [1.82, 2.24) is 5.32 Å². The van der Waals surface area contributed by atoms with Crippen LogP contribution in [0.5, 0.6) is 0 Å². The molecular formula is C16H16Cl3N. The fraction of sp³-hybridized carbons (Fsp3) is 0.250. The number of halogens is 3. The van der Waals surface area contributed by atoms with Gasteiger partial charge in [0, 0.05) is 15.1 Å². The Hall–Kier alpha value is -0.730. The Morgan fingerprint density at radius 2 is 1.75 bits per heavy atom. The van der Waals surface area contributed by atoms with E-state index in [1.54, 1.807) is 6.07 Å². The van der Waals surface area contributed by atoms with Gasteiger partial charge in [-0.3, -0.25) is 0 Å². The van der Waals surface area contributed by atoms with Crippen molar-refractivity contribution in [2.75, 3.05) is 6.54 Å². The van der Waals surface area contributed by atoms with E-state index >= 15 is 0 Å². The van der Waals surface area contributed by atoms with Crippen molar-refractivity contribution in [2.24, 2.45) is 0 Å². The van der Waals surface area contributed by atoms with E-state index in [1.807, 2.05) is 31.2 Å². The molecule has 0 aliphatic heterocycles. The number of aryl methyl sites for hydroxylation is 1. The van der Waals surface area contributed by atoms with Gasteiger partial charge in [-0.1, -0.05) is 47.8 Å². The van der Waals surface area contributed by atoms with Crippen LogP contribution in [-0.2, 0) is 0 Å². The van der Waals surface area contributed by atoms with Gasteiger partial charge in [-0.25, -0.2) is 0 Å². The monoisotopic (exact) mass is 327 g/mol. The molecule has 106 valence electrons. The summed E-state index contributed by atoms with van der Waals surface area (Å²) in [6, 6.07) is 11.5. The third kappa shape index (κ3) is 3.67. The second-order valence-electron chi connectivity index (χ2n) is 4.72. The second kappa shape index (κ2) is 6.82. The van der Waals surface area contributed by atoms with E-state index in [0.29, 0.717) is 10.0 Å². The van der Waals surface area contributed by atoms with Crippen molar-refractivity contribution >= 4 is 34.8 Å². The second-order valence-corrected chi connectivity index (χ2v) is 6.00. The zero-order valence-corrected chi connectivity index (χ0v) is 13.7. The van der Waals surface area contributed by atoms with Crippen LogP contribution < -0.4 is 5.32 Å². The molecule has 2 aromatic carbocycles. The van der Waals surface area contributed by atoms with Crippen LogP contribution in [0, 0.1) is 6.92 Å². The Bertz CT molecular complexity index is 590. The van der Waals surface area contributed by atoms with E-state index in [-0.39, 0.29) is 6.04 Å². The molecule has 1 atom stereocenters. The zero-order chi connectivity index (χ0) is 14.7. The maximum absolute atomic E-state index is 6.32. The molecule has 1 nitrogen and oxygen atoms in total. The standard InChI is InChI=1S/C16H16Cl3N/c1-3-20-16(11-6-10(2)7-13(18)8-11)14-9-12(17)4-5-15(14)19/h4-9,16,20H,3H2,1-2H3. The molecule has 0 radical (unpaired) electrons. The molecule has 2 aromatic rings. The highest BCUT2D eigenvalue weighted by atomic mass is 35.5. The minimum Gasteiger partial charge on any atom is -0.306 e. The number of nitrogens with one attached hydrogen (secondary N) is 1. The first-order chi connectivity index (χ1) is 9.51. The summed E-state index contributed by atoms with van der Waals surface area (Å²) in [5.74, 6) is 0. The molecule has 0 heterocycles. The Kier molecular flexibility index (Phi) is 5.34. The van der Waals surface area contributed by atoms with E-state index in [9.17, 15) is 0 Å². The number of benzene rings is 2. The van der Waals surface area contributed by atoms with Gasteiger partial charge in [-0.2, -0.15) is 0 Å². The van der Waals surface area contributed by atoms with E-state index < -0.39 is 0 Å². The minimum atomic E-state index is -0.0244. The first kappa shape index (κ1) is 15.7.